The van der Waals surface area contributed by atoms with Gasteiger partial charge in [-0.25, -0.2) is 4.98 Å². The van der Waals surface area contributed by atoms with Gasteiger partial charge in [0.25, 0.3) is 0 Å². The van der Waals surface area contributed by atoms with E-state index < -0.39 is 12.8 Å². The highest BCUT2D eigenvalue weighted by Crippen LogP contribution is 2.18. The van der Waals surface area contributed by atoms with E-state index in [1.54, 1.807) is 13.0 Å². The summed E-state index contributed by atoms with van der Waals surface area (Å²) >= 11 is 5.57. The highest BCUT2D eigenvalue weighted by Gasteiger charge is 2.28. The Kier molecular flexibility index (Phi) is 3.79. The van der Waals surface area contributed by atoms with Crippen molar-refractivity contribution in [2.75, 3.05) is 6.61 Å². The van der Waals surface area contributed by atoms with Gasteiger partial charge in [-0.05, 0) is 12.5 Å². The first kappa shape index (κ1) is 12.1. The molecule has 6 heteroatoms. The van der Waals surface area contributed by atoms with Crippen LogP contribution >= 0.6 is 11.6 Å². The second-order valence-corrected chi connectivity index (χ2v) is 3.20. The second-order valence-electron chi connectivity index (χ2n) is 2.93. The topological polar surface area (TPSA) is 22.1 Å². The lowest BCUT2D eigenvalue weighted by molar-refractivity contribution is -0.154. The fourth-order valence-corrected chi connectivity index (χ4v) is 1.23. The van der Waals surface area contributed by atoms with Gasteiger partial charge in [-0.1, -0.05) is 6.07 Å². The van der Waals surface area contributed by atoms with Crippen molar-refractivity contribution in [1.82, 2.24) is 4.98 Å². The molecule has 0 spiro atoms. The summed E-state index contributed by atoms with van der Waals surface area (Å²) in [6.45, 7) is 0.331. The molecular formula is C9H9ClF3NO. The van der Waals surface area contributed by atoms with Crippen LogP contribution < -0.4 is 4.74 Å². The summed E-state index contributed by atoms with van der Waals surface area (Å²) in [6, 6.07) is 2.97. The zero-order valence-corrected chi connectivity index (χ0v) is 8.69. The number of pyridine rings is 1. The van der Waals surface area contributed by atoms with Gasteiger partial charge in [0.2, 0.25) is 5.88 Å². The van der Waals surface area contributed by atoms with Crippen molar-refractivity contribution in [3.05, 3.63) is 23.4 Å². The molecule has 15 heavy (non-hydrogen) atoms. The quantitative estimate of drug-likeness (QED) is 0.757. The average Bonchev–Trinajstić information content (AvgIpc) is 2.14. The Bertz CT molecular complexity index is 341. The van der Waals surface area contributed by atoms with Crippen LogP contribution in [0.4, 0.5) is 13.2 Å². The summed E-state index contributed by atoms with van der Waals surface area (Å²) in [6.07, 6.45) is -4.35. The lowest BCUT2D eigenvalue weighted by Gasteiger charge is -2.09. The summed E-state index contributed by atoms with van der Waals surface area (Å²) < 4.78 is 39.9. The van der Waals surface area contributed by atoms with Gasteiger partial charge in [-0.3, -0.25) is 0 Å². The summed E-state index contributed by atoms with van der Waals surface area (Å²) in [4.78, 5) is 3.84. The number of nitrogens with zero attached hydrogens (tertiary/aromatic N) is 1. The molecule has 1 aromatic rings. The van der Waals surface area contributed by atoms with Crippen molar-refractivity contribution < 1.29 is 17.9 Å². The van der Waals surface area contributed by atoms with Gasteiger partial charge in [0.15, 0.2) is 6.61 Å². The molecule has 0 saturated carbocycles. The van der Waals surface area contributed by atoms with Gasteiger partial charge in [-0.15, -0.1) is 11.6 Å². The molecule has 1 aromatic heterocycles. The van der Waals surface area contributed by atoms with Crippen molar-refractivity contribution in [3.8, 4) is 5.88 Å². The Morgan fingerprint density at radius 2 is 2.07 bits per heavy atom. The molecule has 0 radical (unpaired) electrons. The van der Waals surface area contributed by atoms with Gasteiger partial charge < -0.3 is 4.74 Å². The minimum Gasteiger partial charge on any atom is -0.468 e. The fraction of sp³-hybridized carbons (Fsp3) is 0.444. The molecule has 2 nitrogen and oxygen atoms in total. The SMILES string of the molecule is Cc1nc(OCC(F)(F)F)ccc1CCl. The number of halogens is 4. The van der Waals surface area contributed by atoms with Crippen LogP contribution in [0.15, 0.2) is 12.1 Å². The maximum Gasteiger partial charge on any atom is 0.422 e. The van der Waals surface area contributed by atoms with Crippen molar-refractivity contribution in [2.24, 2.45) is 0 Å². The number of aromatic nitrogens is 1. The molecule has 0 unspecified atom stereocenters. The zero-order valence-electron chi connectivity index (χ0n) is 7.94. The number of alkyl halides is 4. The molecule has 0 bridgehead atoms. The van der Waals surface area contributed by atoms with E-state index in [4.69, 9.17) is 11.6 Å². The molecule has 0 saturated heterocycles. The number of hydrogen-bond donors (Lipinski definition) is 0. The van der Waals surface area contributed by atoms with Crippen LogP contribution in [-0.2, 0) is 5.88 Å². The van der Waals surface area contributed by atoms with Crippen LogP contribution in [0, 0.1) is 6.92 Å². The third kappa shape index (κ3) is 3.95. The molecule has 0 aliphatic heterocycles. The van der Waals surface area contributed by atoms with Crippen LogP contribution in [-0.4, -0.2) is 17.8 Å². The Hall–Kier alpha value is -0.970. The largest absolute Gasteiger partial charge is 0.468 e. The number of rotatable bonds is 3. The Balaban J connectivity index is 2.68. The lowest BCUT2D eigenvalue weighted by Crippen LogP contribution is -2.19. The van der Waals surface area contributed by atoms with E-state index in [-0.39, 0.29) is 11.8 Å². The third-order valence-corrected chi connectivity index (χ3v) is 1.99. The number of ether oxygens (including phenoxy) is 1. The fourth-order valence-electron chi connectivity index (χ4n) is 0.944. The molecule has 1 rings (SSSR count). The summed E-state index contributed by atoms with van der Waals surface area (Å²) in [5.74, 6) is 0.233. The molecular weight excluding hydrogens is 231 g/mol. The Morgan fingerprint density at radius 3 is 2.53 bits per heavy atom. The first-order chi connectivity index (χ1) is 6.92. The molecule has 0 aliphatic rings. The smallest absolute Gasteiger partial charge is 0.422 e. The van der Waals surface area contributed by atoms with E-state index in [2.05, 4.69) is 9.72 Å². The summed E-state index contributed by atoms with van der Waals surface area (Å²) in [7, 11) is 0. The first-order valence-corrected chi connectivity index (χ1v) is 4.68. The highest BCUT2D eigenvalue weighted by molar-refractivity contribution is 6.17. The van der Waals surface area contributed by atoms with Gasteiger partial charge in [0, 0.05) is 17.6 Å². The van der Waals surface area contributed by atoms with Gasteiger partial charge in [0.1, 0.15) is 0 Å². The molecule has 0 aliphatic carbocycles. The van der Waals surface area contributed by atoms with E-state index >= 15 is 0 Å². The molecule has 84 valence electrons. The maximum atomic E-state index is 11.8. The van der Waals surface area contributed by atoms with E-state index in [1.165, 1.54) is 6.07 Å². The maximum absolute atomic E-state index is 11.8. The van der Waals surface area contributed by atoms with E-state index in [0.717, 1.165) is 5.56 Å². The average molecular weight is 240 g/mol. The molecule has 0 aromatic carbocycles. The van der Waals surface area contributed by atoms with Crippen LogP contribution in [0.25, 0.3) is 0 Å². The van der Waals surface area contributed by atoms with Crippen LogP contribution in [0.1, 0.15) is 11.3 Å². The molecule has 0 fully saturated rings. The Labute approximate surface area is 90.0 Å². The number of hydrogen-bond acceptors (Lipinski definition) is 2. The van der Waals surface area contributed by atoms with Crippen molar-refractivity contribution in [2.45, 2.75) is 19.0 Å². The van der Waals surface area contributed by atoms with Crippen LogP contribution in [0.2, 0.25) is 0 Å². The molecule has 0 atom stereocenters. The lowest BCUT2D eigenvalue weighted by atomic mass is 10.2. The predicted molar refractivity (Wildman–Crippen MR) is 50.1 cm³/mol. The van der Waals surface area contributed by atoms with Crippen molar-refractivity contribution >= 4 is 11.6 Å². The molecule has 0 N–H and O–H groups in total. The zero-order chi connectivity index (χ0) is 11.5. The summed E-state index contributed by atoms with van der Waals surface area (Å²) in [5, 5.41) is 0. The van der Waals surface area contributed by atoms with Gasteiger partial charge >= 0.3 is 6.18 Å². The van der Waals surface area contributed by atoms with E-state index in [9.17, 15) is 13.2 Å². The normalized spacial score (nSPS) is 11.5. The molecule has 1 heterocycles. The van der Waals surface area contributed by atoms with E-state index in [1.807, 2.05) is 0 Å². The molecule has 0 amide bonds. The standard InChI is InChI=1S/C9H9ClF3NO/c1-6-7(4-10)2-3-8(14-6)15-5-9(11,12)13/h2-3H,4-5H2,1H3. The van der Waals surface area contributed by atoms with Gasteiger partial charge in [-0.2, -0.15) is 13.2 Å². The minimum atomic E-state index is -4.35. The van der Waals surface area contributed by atoms with Crippen LogP contribution in [0.3, 0.4) is 0 Å². The third-order valence-electron chi connectivity index (χ3n) is 1.70. The monoisotopic (exact) mass is 239 g/mol. The van der Waals surface area contributed by atoms with Crippen molar-refractivity contribution in [1.29, 1.82) is 0 Å². The van der Waals surface area contributed by atoms with Crippen molar-refractivity contribution in [3.63, 3.8) is 0 Å². The minimum absolute atomic E-state index is 0.0429. The van der Waals surface area contributed by atoms with Crippen LogP contribution in [0.5, 0.6) is 5.88 Å². The number of aryl methyl sites for hydroxylation is 1. The first-order valence-electron chi connectivity index (χ1n) is 4.14. The van der Waals surface area contributed by atoms with Gasteiger partial charge in [0.05, 0.1) is 0 Å². The predicted octanol–water partition coefficient (Wildman–Crippen LogP) is 3.07. The Morgan fingerprint density at radius 1 is 1.40 bits per heavy atom. The highest BCUT2D eigenvalue weighted by atomic mass is 35.5. The second kappa shape index (κ2) is 4.70. The summed E-state index contributed by atoms with van der Waals surface area (Å²) in [5.41, 5.74) is 1.35. The van der Waals surface area contributed by atoms with E-state index in [0.29, 0.717) is 5.69 Å².